The van der Waals surface area contributed by atoms with Crippen molar-refractivity contribution < 1.29 is 27.5 Å². The van der Waals surface area contributed by atoms with Gasteiger partial charge in [-0.15, -0.1) is 0 Å². The molecule has 0 bridgehead atoms. The Kier molecular flexibility index (Phi) is 3.69. The summed E-state index contributed by atoms with van der Waals surface area (Å²) in [5.74, 6) is -0.698. The number of carbonyl (C=O) groups is 2. The van der Waals surface area contributed by atoms with Gasteiger partial charge in [0.15, 0.2) is 0 Å². The third-order valence-electron chi connectivity index (χ3n) is 3.02. The van der Waals surface area contributed by atoms with E-state index in [1.54, 1.807) is 6.92 Å². The highest BCUT2D eigenvalue weighted by atomic mass is 19.4. The standard InChI is InChI=1S/C13H12F3NO3/c1-8-7-20-12(19)17(8)11(18)6-9-4-2-3-5-10(9)13(14,15)16/h2-5,8H,6-7H2,1H3. The summed E-state index contributed by atoms with van der Waals surface area (Å²) in [5, 5.41) is 0. The zero-order valence-corrected chi connectivity index (χ0v) is 10.6. The monoisotopic (exact) mass is 287 g/mol. The van der Waals surface area contributed by atoms with E-state index in [0.717, 1.165) is 11.0 Å². The number of alkyl halides is 3. The summed E-state index contributed by atoms with van der Waals surface area (Å²) in [7, 11) is 0. The van der Waals surface area contributed by atoms with Gasteiger partial charge in [0.25, 0.3) is 0 Å². The van der Waals surface area contributed by atoms with E-state index in [0.29, 0.717) is 0 Å². The Hall–Kier alpha value is -2.05. The van der Waals surface area contributed by atoms with Gasteiger partial charge in [-0.2, -0.15) is 13.2 Å². The lowest BCUT2D eigenvalue weighted by molar-refractivity contribution is -0.138. The smallest absolute Gasteiger partial charge is 0.416 e. The second-order valence-corrected chi connectivity index (χ2v) is 4.52. The molecule has 0 spiro atoms. The molecule has 20 heavy (non-hydrogen) atoms. The quantitative estimate of drug-likeness (QED) is 0.840. The first kappa shape index (κ1) is 14.4. The van der Waals surface area contributed by atoms with Crippen molar-refractivity contribution in [1.82, 2.24) is 4.90 Å². The summed E-state index contributed by atoms with van der Waals surface area (Å²) in [6.07, 6.45) is -5.84. The van der Waals surface area contributed by atoms with E-state index in [-0.39, 0.29) is 12.2 Å². The number of amides is 2. The third-order valence-corrected chi connectivity index (χ3v) is 3.02. The Balaban J connectivity index is 2.23. The van der Waals surface area contributed by atoms with Gasteiger partial charge in [0, 0.05) is 0 Å². The summed E-state index contributed by atoms with van der Waals surface area (Å²) in [4.78, 5) is 24.2. The van der Waals surface area contributed by atoms with Crippen molar-refractivity contribution >= 4 is 12.0 Å². The zero-order chi connectivity index (χ0) is 14.9. The summed E-state index contributed by atoms with van der Waals surface area (Å²) in [5.41, 5.74) is -1.02. The molecule has 1 heterocycles. The lowest BCUT2D eigenvalue weighted by Gasteiger charge is -2.17. The number of hydrogen-bond donors (Lipinski definition) is 0. The first-order valence-corrected chi connectivity index (χ1v) is 5.94. The fourth-order valence-electron chi connectivity index (χ4n) is 2.06. The molecule has 1 aromatic rings. The van der Waals surface area contributed by atoms with Crippen LogP contribution in [0.25, 0.3) is 0 Å². The molecule has 1 aliphatic rings. The Morgan fingerprint density at radius 2 is 2.05 bits per heavy atom. The normalized spacial score (nSPS) is 19.1. The number of imide groups is 1. The Morgan fingerprint density at radius 3 is 2.60 bits per heavy atom. The molecular weight excluding hydrogens is 275 g/mol. The fraction of sp³-hybridized carbons (Fsp3) is 0.385. The molecule has 0 aliphatic carbocycles. The van der Waals surface area contributed by atoms with E-state index < -0.39 is 36.2 Å². The molecule has 1 unspecified atom stereocenters. The first-order valence-electron chi connectivity index (χ1n) is 5.94. The van der Waals surface area contributed by atoms with Crippen molar-refractivity contribution in [1.29, 1.82) is 0 Å². The van der Waals surface area contributed by atoms with Crippen molar-refractivity contribution in [3.05, 3.63) is 35.4 Å². The average Bonchev–Trinajstić information content (AvgIpc) is 2.68. The van der Waals surface area contributed by atoms with Gasteiger partial charge in [-0.05, 0) is 18.6 Å². The van der Waals surface area contributed by atoms with Crippen LogP contribution in [0.4, 0.5) is 18.0 Å². The molecule has 108 valence electrons. The minimum Gasteiger partial charge on any atom is -0.447 e. The molecule has 1 aromatic carbocycles. The third kappa shape index (κ3) is 2.76. The van der Waals surface area contributed by atoms with Gasteiger partial charge in [0.2, 0.25) is 5.91 Å². The zero-order valence-electron chi connectivity index (χ0n) is 10.6. The van der Waals surface area contributed by atoms with Crippen LogP contribution in [0.5, 0.6) is 0 Å². The number of carbonyl (C=O) groups excluding carboxylic acids is 2. The number of cyclic esters (lactones) is 1. The predicted octanol–water partition coefficient (Wildman–Crippen LogP) is 2.62. The molecule has 1 saturated heterocycles. The summed E-state index contributed by atoms with van der Waals surface area (Å²) >= 11 is 0. The van der Waals surface area contributed by atoms with Crippen LogP contribution in [0, 0.1) is 0 Å². The van der Waals surface area contributed by atoms with Crippen LogP contribution in [0.1, 0.15) is 18.1 Å². The van der Waals surface area contributed by atoms with Gasteiger partial charge in [0.05, 0.1) is 18.0 Å². The van der Waals surface area contributed by atoms with E-state index in [1.165, 1.54) is 18.2 Å². The van der Waals surface area contributed by atoms with Crippen molar-refractivity contribution in [2.75, 3.05) is 6.61 Å². The van der Waals surface area contributed by atoms with E-state index in [1.807, 2.05) is 0 Å². The summed E-state index contributed by atoms with van der Waals surface area (Å²) in [6.45, 7) is 1.66. The van der Waals surface area contributed by atoms with Gasteiger partial charge in [-0.3, -0.25) is 4.79 Å². The fourth-order valence-corrected chi connectivity index (χ4v) is 2.06. The summed E-state index contributed by atoms with van der Waals surface area (Å²) < 4.78 is 43.1. The molecule has 0 aromatic heterocycles. The molecular formula is C13H12F3NO3. The molecule has 1 aliphatic heterocycles. The number of benzene rings is 1. The van der Waals surface area contributed by atoms with Crippen LogP contribution < -0.4 is 0 Å². The van der Waals surface area contributed by atoms with E-state index in [2.05, 4.69) is 4.74 Å². The van der Waals surface area contributed by atoms with Gasteiger partial charge in [-0.1, -0.05) is 18.2 Å². The number of halogens is 3. The Labute approximate surface area is 113 Å². The van der Waals surface area contributed by atoms with Crippen LogP contribution in [-0.2, 0) is 22.1 Å². The van der Waals surface area contributed by atoms with Crippen molar-refractivity contribution in [2.45, 2.75) is 25.6 Å². The molecule has 4 nitrogen and oxygen atoms in total. The van der Waals surface area contributed by atoms with Crippen LogP contribution in [0.15, 0.2) is 24.3 Å². The number of ether oxygens (including phenoxy) is 1. The molecule has 1 atom stereocenters. The number of rotatable bonds is 2. The Morgan fingerprint density at radius 1 is 1.40 bits per heavy atom. The van der Waals surface area contributed by atoms with Crippen LogP contribution in [-0.4, -0.2) is 29.5 Å². The predicted molar refractivity (Wildman–Crippen MR) is 62.8 cm³/mol. The lowest BCUT2D eigenvalue weighted by Crippen LogP contribution is -2.38. The maximum Gasteiger partial charge on any atom is 0.416 e. The molecule has 2 amide bonds. The van der Waals surface area contributed by atoms with Gasteiger partial charge in [-0.25, -0.2) is 9.69 Å². The molecule has 7 heteroatoms. The minimum atomic E-state index is -4.53. The van der Waals surface area contributed by atoms with Gasteiger partial charge in [0.1, 0.15) is 6.61 Å². The Bertz CT molecular complexity index is 542. The highest BCUT2D eigenvalue weighted by Gasteiger charge is 2.37. The van der Waals surface area contributed by atoms with E-state index in [4.69, 9.17) is 0 Å². The first-order chi connectivity index (χ1) is 9.30. The van der Waals surface area contributed by atoms with Crippen molar-refractivity contribution in [3.8, 4) is 0 Å². The topological polar surface area (TPSA) is 46.6 Å². The van der Waals surface area contributed by atoms with E-state index in [9.17, 15) is 22.8 Å². The van der Waals surface area contributed by atoms with Crippen LogP contribution in [0.2, 0.25) is 0 Å². The number of nitrogens with zero attached hydrogens (tertiary/aromatic N) is 1. The van der Waals surface area contributed by atoms with Crippen molar-refractivity contribution in [3.63, 3.8) is 0 Å². The second kappa shape index (κ2) is 5.15. The minimum absolute atomic E-state index is 0.0610. The highest BCUT2D eigenvalue weighted by molar-refractivity contribution is 5.94. The van der Waals surface area contributed by atoms with E-state index >= 15 is 0 Å². The number of hydrogen-bond acceptors (Lipinski definition) is 3. The largest absolute Gasteiger partial charge is 0.447 e. The average molecular weight is 287 g/mol. The van der Waals surface area contributed by atoms with Crippen LogP contribution in [0.3, 0.4) is 0 Å². The molecule has 0 radical (unpaired) electrons. The lowest BCUT2D eigenvalue weighted by atomic mass is 10.0. The second-order valence-electron chi connectivity index (χ2n) is 4.52. The molecule has 0 N–H and O–H groups in total. The summed E-state index contributed by atoms with van der Waals surface area (Å²) in [6, 6.07) is 4.35. The van der Waals surface area contributed by atoms with Gasteiger partial charge < -0.3 is 4.74 Å². The maximum absolute atomic E-state index is 12.8. The molecule has 1 fully saturated rings. The molecule has 0 saturated carbocycles. The molecule has 2 rings (SSSR count). The van der Waals surface area contributed by atoms with Crippen molar-refractivity contribution in [2.24, 2.45) is 0 Å². The highest BCUT2D eigenvalue weighted by Crippen LogP contribution is 2.32. The SMILES string of the molecule is CC1COC(=O)N1C(=O)Cc1ccccc1C(F)(F)F. The van der Waals surface area contributed by atoms with Gasteiger partial charge >= 0.3 is 12.3 Å². The van der Waals surface area contributed by atoms with Crippen LogP contribution >= 0.6 is 0 Å². The maximum atomic E-state index is 12.8.